The molecule has 0 spiro atoms. The third-order valence-electron chi connectivity index (χ3n) is 3.47. The van der Waals surface area contributed by atoms with Gasteiger partial charge in [0.1, 0.15) is 11.6 Å². The van der Waals surface area contributed by atoms with Gasteiger partial charge >= 0.3 is 0 Å². The van der Waals surface area contributed by atoms with Gasteiger partial charge in [0.2, 0.25) is 5.91 Å². The highest BCUT2D eigenvalue weighted by atomic mass is 32.1. The van der Waals surface area contributed by atoms with Gasteiger partial charge < -0.3 is 14.4 Å². The highest BCUT2D eigenvalue weighted by Gasteiger charge is 2.27. The molecule has 8 heteroatoms. The maximum absolute atomic E-state index is 12.0. The highest BCUT2D eigenvalue weighted by molar-refractivity contribution is 7.09. The van der Waals surface area contributed by atoms with Crippen LogP contribution < -0.4 is 0 Å². The van der Waals surface area contributed by atoms with Crippen molar-refractivity contribution in [3.8, 4) is 0 Å². The first kappa shape index (κ1) is 15.1. The molecule has 118 valence electrons. The second-order valence-electron chi connectivity index (χ2n) is 4.93. The first-order valence-electron chi connectivity index (χ1n) is 7.14. The quantitative estimate of drug-likeness (QED) is 0.835. The van der Waals surface area contributed by atoms with Gasteiger partial charge in [-0.2, -0.15) is 5.10 Å². The van der Waals surface area contributed by atoms with Crippen molar-refractivity contribution in [2.24, 2.45) is 0 Å². The molecule has 1 N–H and O–H groups in total. The van der Waals surface area contributed by atoms with Gasteiger partial charge in [0, 0.05) is 30.3 Å². The zero-order chi connectivity index (χ0) is 15.4. The minimum atomic E-state index is 0.00102. The van der Waals surface area contributed by atoms with Crippen molar-refractivity contribution in [2.45, 2.75) is 33.2 Å². The minimum Gasteiger partial charge on any atom is -0.372 e. The van der Waals surface area contributed by atoms with E-state index in [2.05, 4.69) is 15.2 Å². The molecule has 7 nitrogen and oxygen atoms in total. The van der Waals surface area contributed by atoms with Gasteiger partial charge in [-0.3, -0.25) is 9.89 Å². The number of aromatic nitrogens is 3. The van der Waals surface area contributed by atoms with Crippen LogP contribution >= 0.6 is 11.3 Å². The van der Waals surface area contributed by atoms with E-state index < -0.39 is 0 Å². The molecule has 0 fully saturated rings. The topological polar surface area (TPSA) is 80.3 Å². The van der Waals surface area contributed by atoms with E-state index in [1.165, 1.54) is 0 Å². The van der Waals surface area contributed by atoms with Crippen molar-refractivity contribution in [3.05, 3.63) is 33.5 Å². The van der Waals surface area contributed by atoms with Gasteiger partial charge in [-0.25, -0.2) is 4.98 Å². The fourth-order valence-corrected chi connectivity index (χ4v) is 2.89. The Bertz CT molecular complexity index is 626. The molecule has 1 aliphatic heterocycles. The molecular formula is C14H18N4O3S. The number of ether oxygens (including phenoxy) is 2. The fraction of sp³-hybridized carbons (Fsp3) is 0.500. The van der Waals surface area contributed by atoms with Crippen LogP contribution in [0.15, 0.2) is 11.6 Å². The van der Waals surface area contributed by atoms with Crippen molar-refractivity contribution in [1.29, 1.82) is 0 Å². The van der Waals surface area contributed by atoms with Crippen molar-refractivity contribution in [2.75, 3.05) is 13.2 Å². The first-order chi connectivity index (χ1) is 10.8. The normalized spacial score (nSPS) is 13.6. The SMILES string of the molecule is CCOCC(=O)N1Cc2[nH]nc(COCc3nccs3)c2C1. The summed E-state index contributed by atoms with van der Waals surface area (Å²) >= 11 is 1.57. The lowest BCUT2D eigenvalue weighted by Gasteiger charge is -2.15. The van der Waals surface area contributed by atoms with E-state index in [4.69, 9.17) is 9.47 Å². The molecular weight excluding hydrogens is 304 g/mol. The molecule has 0 bridgehead atoms. The van der Waals surface area contributed by atoms with E-state index in [0.717, 1.165) is 22.0 Å². The van der Waals surface area contributed by atoms with E-state index in [9.17, 15) is 4.79 Å². The van der Waals surface area contributed by atoms with E-state index in [1.54, 1.807) is 22.4 Å². The molecule has 0 unspecified atom stereocenters. The Balaban J connectivity index is 1.54. The Kier molecular flexibility index (Phi) is 4.81. The average molecular weight is 322 g/mol. The summed E-state index contributed by atoms with van der Waals surface area (Å²) in [6.07, 6.45) is 1.76. The lowest BCUT2D eigenvalue weighted by Crippen LogP contribution is -2.29. The van der Waals surface area contributed by atoms with Crippen LogP contribution in [0.5, 0.6) is 0 Å². The molecule has 2 aromatic heterocycles. The Morgan fingerprint density at radius 1 is 1.41 bits per heavy atom. The lowest BCUT2D eigenvalue weighted by molar-refractivity contribution is -0.136. The summed E-state index contributed by atoms with van der Waals surface area (Å²) in [7, 11) is 0. The van der Waals surface area contributed by atoms with E-state index in [0.29, 0.717) is 32.9 Å². The number of rotatable bonds is 7. The standard InChI is InChI=1S/C14H18N4O3S/c1-2-20-9-14(19)18-5-10-11(6-18)16-17-12(10)7-21-8-13-15-3-4-22-13/h3-4H,2,5-9H2,1H3,(H,16,17). The Hall–Kier alpha value is -1.77. The van der Waals surface area contributed by atoms with Crippen molar-refractivity contribution >= 4 is 17.2 Å². The van der Waals surface area contributed by atoms with E-state index in [1.807, 2.05) is 12.3 Å². The number of nitrogens with zero attached hydrogens (tertiary/aromatic N) is 3. The number of fused-ring (bicyclic) bond motifs is 1. The smallest absolute Gasteiger partial charge is 0.249 e. The number of amides is 1. The molecule has 1 aliphatic rings. The van der Waals surface area contributed by atoms with Gasteiger partial charge in [0.05, 0.1) is 31.1 Å². The van der Waals surface area contributed by atoms with Gasteiger partial charge in [0.25, 0.3) is 0 Å². The molecule has 0 radical (unpaired) electrons. The Morgan fingerprint density at radius 3 is 3.09 bits per heavy atom. The van der Waals surface area contributed by atoms with Crippen LogP contribution in [0.4, 0.5) is 0 Å². The van der Waals surface area contributed by atoms with Gasteiger partial charge in [-0.05, 0) is 6.92 Å². The number of hydrogen-bond donors (Lipinski definition) is 1. The number of thiazole rings is 1. The summed E-state index contributed by atoms with van der Waals surface area (Å²) in [5.74, 6) is 0.00102. The zero-order valence-corrected chi connectivity index (χ0v) is 13.2. The number of H-pyrrole nitrogens is 1. The molecule has 2 aromatic rings. The number of carbonyl (C=O) groups excluding carboxylic acids is 1. The summed E-state index contributed by atoms with van der Waals surface area (Å²) in [6, 6.07) is 0. The molecule has 0 saturated heterocycles. The van der Waals surface area contributed by atoms with Crippen molar-refractivity contribution < 1.29 is 14.3 Å². The van der Waals surface area contributed by atoms with Gasteiger partial charge in [0.15, 0.2) is 0 Å². The highest BCUT2D eigenvalue weighted by Crippen LogP contribution is 2.24. The molecule has 22 heavy (non-hydrogen) atoms. The summed E-state index contributed by atoms with van der Waals surface area (Å²) < 4.78 is 10.8. The lowest BCUT2D eigenvalue weighted by atomic mass is 10.2. The summed E-state index contributed by atoms with van der Waals surface area (Å²) in [5.41, 5.74) is 2.90. The average Bonchev–Trinajstić information content (AvgIpc) is 3.22. The monoisotopic (exact) mass is 322 g/mol. The second kappa shape index (κ2) is 6.99. The summed E-state index contributed by atoms with van der Waals surface area (Å²) in [4.78, 5) is 17.9. The van der Waals surface area contributed by atoms with Gasteiger partial charge in [-0.15, -0.1) is 11.3 Å². The first-order valence-corrected chi connectivity index (χ1v) is 8.02. The molecule has 1 amide bonds. The molecule has 0 aliphatic carbocycles. The number of nitrogens with one attached hydrogen (secondary N) is 1. The molecule has 3 heterocycles. The molecule has 0 saturated carbocycles. The predicted molar refractivity (Wildman–Crippen MR) is 79.9 cm³/mol. The van der Waals surface area contributed by atoms with Crippen LogP contribution in [-0.4, -0.2) is 39.2 Å². The number of hydrogen-bond acceptors (Lipinski definition) is 6. The molecule has 3 rings (SSSR count). The van der Waals surface area contributed by atoms with Crippen LogP contribution in [-0.2, 0) is 40.6 Å². The number of aromatic amines is 1. The Morgan fingerprint density at radius 2 is 2.32 bits per heavy atom. The van der Waals surface area contributed by atoms with Crippen LogP contribution in [0.1, 0.15) is 28.9 Å². The molecule has 0 aromatic carbocycles. The predicted octanol–water partition coefficient (Wildman–Crippen LogP) is 1.46. The van der Waals surface area contributed by atoms with Crippen LogP contribution in [0.2, 0.25) is 0 Å². The maximum Gasteiger partial charge on any atom is 0.249 e. The fourth-order valence-electron chi connectivity index (χ4n) is 2.33. The largest absolute Gasteiger partial charge is 0.372 e. The van der Waals surface area contributed by atoms with E-state index >= 15 is 0 Å². The van der Waals surface area contributed by atoms with Crippen LogP contribution in [0.25, 0.3) is 0 Å². The summed E-state index contributed by atoms with van der Waals surface area (Å²) in [5, 5.41) is 10.1. The zero-order valence-electron chi connectivity index (χ0n) is 12.4. The van der Waals surface area contributed by atoms with Crippen LogP contribution in [0, 0.1) is 0 Å². The maximum atomic E-state index is 12.0. The number of carbonyl (C=O) groups is 1. The van der Waals surface area contributed by atoms with Gasteiger partial charge in [-0.1, -0.05) is 0 Å². The van der Waals surface area contributed by atoms with E-state index in [-0.39, 0.29) is 12.5 Å². The third-order valence-corrected chi connectivity index (χ3v) is 4.22. The molecule has 0 atom stereocenters. The Labute approximate surface area is 132 Å². The van der Waals surface area contributed by atoms with Crippen LogP contribution in [0.3, 0.4) is 0 Å². The van der Waals surface area contributed by atoms with Crippen molar-refractivity contribution in [3.63, 3.8) is 0 Å². The second-order valence-corrected chi connectivity index (χ2v) is 5.91. The summed E-state index contributed by atoms with van der Waals surface area (Å²) in [6.45, 7) is 4.56. The third kappa shape index (κ3) is 3.34. The van der Waals surface area contributed by atoms with Crippen molar-refractivity contribution in [1.82, 2.24) is 20.1 Å². The minimum absolute atomic E-state index is 0.00102.